The lowest BCUT2D eigenvalue weighted by molar-refractivity contribution is -0.143. The zero-order valence-electron chi connectivity index (χ0n) is 11.2. The van der Waals surface area contributed by atoms with Crippen molar-refractivity contribution in [3.05, 3.63) is 27.4 Å². The second-order valence-corrected chi connectivity index (χ2v) is 4.29. The molecule has 5 nitrogen and oxygen atoms in total. The van der Waals surface area contributed by atoms with Gasteiger partial charge >= 0.3 is 5.97 Å². The summed E-state index contributed by atoms with van der Waals surface area (Å²) in [6.45, 7) is 6.00. The molecule has 1 aromatic rings. The predicted octanol–water partition coefficient (Wildman–Crippen LogP) is 1.66. The Labute approximate surface area is 107 Å². The van der Waals surface area contributed by atoms with Gasteiger partial charge in [-0.2, -0.15) is 0 Å². The molecular weight excluding hydrogens is 232 g/mol. The van der Waals surface area contributed by atoms with E-state index < -0.39 is 0 Å². The zero-order valence-corrected chi connectivity index (χ0v) is 11.2. The number of aromatic amines is 1. The molecule has 0 aliphatic rings. The fourth-order valence-electron chi connectivity index (χ4n) is 1.68. The molecule has 1 aromatic heterocycles. The van der Waals surface area contributed by atoms with E-state index in [2.05, 4.69) is 9.97 Å². The standard InChI is InChI=1S/C13H20N2O3/c1-4-5-8-18-12(16)7-6-11-9(2)14-10(3)15-13(11)17/h4-8H2,1-3H3,(H,14,15,17). The Morgan fingerprint density at radius 3 is 2.72 bits per heavy atom. The normalized spacial score (nSPS) is 10.4. The van der Waals surface area contributed by atoms with Gasteiger partial charge in [-0.25, -0.2) is 4.98 Å². The number of aromatic nitrogens is 2. The van der Waals surface area contributed by atoms with Gasteiger partial charge in [0.05, 0.1) is 6.61 Å². The molecule has 0 aromatic carbocycles. The van der Waals surface area contributed by atoms with Crippen LogP contribution in [0.25, 0.3) is 0 Å². The third kappa shape index (κ3) is 4.31. The van der Waals surface area contributed by atoms with Gasteiger partial charge in [0.1, 0.15) is 5.82 Å². The molecule has 0 saturated heterocycles. The molecule has 0 radical (unpaired) electrons. The number of carbonyl (C=O) groups is 1. The van der Waals surface area contributed by atoms with Gasteiger partial charge in [-0.3, -0.25) is 9.59 Å². The molecule has 1 heterocycles. The largest absolute Gasteiger partial charge is 0.466 e. The maximum atomic E-state index is 11.7. The van der Waals surface area contributed by atoms with Crippen LogP contribution in [0.2, 0.25) is 0 Å². The van der Waals surface area contributed by atoms with E-state index in [4.69, 9.17) is 4.74 Å². The first kappa shape index (κ1) is 14.4. The first-order valence-corrected chi connectivity index (χ1v) is 6.26. The van der Waals surface area contributed by atoms with Crippen LogP contribution in [0.5, 0.6) is 0 Å². The van der Waals surface area contributed by atoms with Crippen molar-refractivity contribution in [1.29, 1.82) is 0 Å². The number of aryl methyl sites for hydroxylation is 2. The molecule has 0 bridgehead atoms. The van der Waals surface area contributed by atoms with E-state index in [-0.39, 0.29) is 17.9 Å². The third-order valence-electron chi connectivity index (χ3n) is 2.68. The van der Waals surface area contributed by atoms with E-state index >= 15 is 0 Å². The Morgan fingerprint density at radius 2 is 2.11 bits per heavy atom. The smallest absolute Gasteiger partial charge is 0.306 e. The number of carbonyl (C=O) groups excluding carboxylic acids is 1. The number of esters is 1. The Hall–Kier alpha value is -1.65. The van der Waals surface area contributed by atoms with Crippen LogP contribution in [0.1, 0.15) is 43.3 Å². The monoisotopic (exact) mass is 252 g/mol. The number of H-pyrrole nitrogens is 1. The minimum absolute atomic E-state index is 0.165. The molecule has 18 heavy (non-hydrogen) atoms. The van der Waals surface area contributed by atoms with Crippen molar-refractivity contribution in [2.45, 2.75) is 46.5 Å². The Balaban J connectivity index is 2.54. The summed E-state index contributed by atoms with van der Waals surface area (Å²) in [5, 5.41) is 0. The summed E-state index contributed by atoms with van der Waals surface area (Å²) in [5.74, 6) is 0.328. The summed E-state index contributed by atoms with van der Waals surface area (Å²) in [6, 6.07) is 0. The van der Waals surface area contributed by atoms with Crippen LogP contribution in [0.4, 0.5) is 0 Å². The molecule has 0 atom stereocenters. The molecule has 0 unspecified atom stereocenters. The summed E-state index contributed by atoms with van der Waals surface area (Å²) in [6.07, 6.45) is 2.46. The summed E-state index contributed by atoms with van der Waals surface area (Å²) in [7, 11) is 0. The van der Waals surface area contributed by atoms with Crippen molar-refractivity contribution >= 4 is 5.97 Å². The van der Waals surface area contributed by atoms with Gasteiger partial charge in [0, 0.05) is 17.7 Å². The van der Waals surface area contributed by atoms with E-state index in [1.165, 1.54) is 0 Å². The lowest BCUT2D eigenvalue weighted by atomic mass is 10.1. The highest BCUT2D eigenvalue weighted by Crippen LogP contribution is 2.03. The molecule has 0 saturated carbocycles. The predicted molar refractivity (Wildman–Crippen MR) is 68.5 cm³/mol. The van der Waals surface area contributed by atoms with Crippen LogP contribution in [0, 0.1) is 13.8 Å². The minimum Gasteiger partial charge on any atom is -0.466 e. The maximum Gasteiger partial charge on any atom is 0.306 e. The van der Waals surface area contributed by atoms with Gasteiger partial charge in [-0.1, -0.05) is 13.3 Å². The number of hydrogen-bond donors (Lipinski definition) is 1. The number of rotatable bonds is 6. The average Bonchev–Trinajstić information content (AvgIpc) is 2.27. The second-order valence-electron chi connectivity index (χ2n) is 4.29. The van der Waals surface area contributed by atoms with E-state index in [1.54, 1.807) is 13.8 Å². The topological polar surface area (TPSA) is 72.0 Å². The molecule has 0 fully saturated rings. The highest BCUT2D eigenvalue weighted by Gasteiger charge is 2.10. The summed E-state index contributed by atoms with van der Waals surface area (Å²) < 4.78 is 5.04. The Bertz CT molecular complexity index is 466. The van der Waals surface area contributed by atoms with Gasteiger partial charge < -0.3 is 9.72 Å². The fraction of sp³-hybridized carbons (Fsp3) is 0.615. The minimum atomic E-state index is -0.261. The lowest BCUT2D eigenvalue weighted by Crippen LogP contribution is -2.19. The van der Waals surface area contributed by atoms with E-state index in [0.29, 0.717) is 30.1 Å². The van der Waals surface area contributed by atoms with Gasteiger partial charge in [-0.05, 0) is 26.7 Å². The van der Waals surface area contributed by atoms with Gasteiger partial charge in [0.2, 0.25) is 0 Å². The lowest BCUT2D eigenvalue weighted by Gasteiger charge is -2.06. The van der Waals surface area contributed by atoms with Crippen molar-refractivity contribution in [3.8, 4) is 0 Å². The Kier molecular flexibility index (Phi) is 5.55. The van der Waals surface area contributed by atoms with Crippen molar-refractivity contribution < 1.29 is 9.53 Å². The maximum absolute atomic E-state index is 11.7. The van der Waals surface area contributed by atoms with Crippen LogP contribution in [-0.2, 0) is 16.0 Å². The number of nitrogens with one attached hydrogen (secondary N) is 1. The SMILES string of the molecule is CCCCOC(=O)CCc1c(C)nc(C)[nH]c1=O. The molecule has 1 N–H and O–H groups in total. The van der Waals surface area contributed by atoms with Gasteiger partial charge in [0.15, 0.2) is 0 Å². The van der Waals surface area contributed by atoms with E-state index in [0.717, 1.165) is 12.8 Å². The molecule has 0 spiro atoms. The van der Waals surface area contributed by atoms with Crippen LogP contribution >= 0.6 is 0 Å². The summed E-state index contributed by atoms with van der Waals surface area (Å²) in [5.41, 5.74) is 1.08. The number of ether oxygens (including phenoxy) is 1. The first-order chi connectivity index (χ1) is 8.54. The second kappa shape index (κ2) is 6.93. The number of unbranched alkanes of at least 4 members (excludes halogenated alkanes) is 1. The summed E-state index contributed by atoms with van der Waals surface area (Å²) in [4.78, 5) is 29.9. The molecule has 0 amide bonds. The Morgan fingerprint density at radius 1 is 1.39 bits per heavy atom. The number of nitrogens with zero attached hydrogens (tertiary/aromatic N) is 1. The molecule has 1 rings (SSSR count). The van der Waals surface area contributed by atoms with Crippen molar-refractivity contribution in [1.82, 2.24) is 9.97 Å². The summed E-state index contributed by atoms with van der Waals surface area (Å²) >= 11 is 0. The van der Waals surface area contributed by atoms with E-state index in [1.807, 2.05) is 6.92 Å². The zero-order chi connectivity index (χ0) is 13.5. The quantitative estimate of drug-likeness (QED) is 0.617. The number of hydrogen-bond acceptors (Lipinski definition) is 4. The first-order valence-electron chi connectivity index (χ1n) is 6.26. The average molecular weight is 252 g/mol. The molecule has 0 aliphatic heterocycles. The van der Waals surface area contributed by atoms with Crippen LogP contribution in [0.15, 0.2) is 4.79 Å². The van der Waals surface area contributed by atoms with E-state index in [9.17, 15) is 9.59 Å². The highest BCUT2D eigenvalue weighted by molar-refractivity contribution is 5.69. The van der Waals surface area contributed by atoms with Crippen LogP contribution < -0.4 is 5.56 Å². The van der Waals surface area contributed by atoms with Crippen molar-refractivity contribution in [2.75, 3.05) is 6.61 Å². The van der Waals surface area contributed by atoms with Crippen LogP contribution in [-0.4, -0.2) is 22.5 Å². The van der Waals surface area contributed by atoms with Crippen molar-refractivity contribution in [2.24, 2.45) is 0 Å². The van der Waals surface area contributed by atoms with Gasteiger partial charge in [-0.15, -0.1) is 0 Å². The fourth-order valence-corrected chi connectivity index (χ4v) is 1.68. The molecular formula is C13H20N2O3. The van der Waals surface area contributed by atoms with Crippen LogP contribution in [0.3, 0.4) is 0 Å². The molecule has 5 heteroatoms. The molecule has 0 aliphatic carbocycles. The highest BCUT2D eigenvalue weighted by atomic mass is 16.5. The van der Waals surface area contributed by atoms with Crippen molar-refractivity contribution in [3.63, 3.8) is 0 Å². The third-order valence-corrected chi connectivity index (χ3v) is 2.68. The van der Waals surface area contributed by atoms with Gasteiger partial charge in [0.25, 0.3) is 5.56 Å². The molecule has 100 valence electrons.